The van der Waals surface area contributed by atoms with Gasteiger partial charge in [0.1, 0.15) is 0 Å². The van der Waals surface area contributed by atoms with E-state index in [4.69, 9.17) is 0 Å². The molecule has 0 heterocycles. The molecule has 2 rings (SSSR count). The molecule has 1 aromatic carbocycles. The zero-order chi connectivity index (χ0) is 14.4. The van der Waals surface area contributed by atoms with E-state index in [1.807, 2.05) is 13.1 Å². The van der Waals surface area contributed by atoms with Crippen LogP contribution in [0.1, 0.15) is 37.7 Å². The summed E-state index contributed by atoms with van der Waals surface area (Å²) >= 11 is 0. The Labute approximate surface area is 122 Å². The van der Waals surface area contributed by atoms with Gasteiger partial charge in [-0.1, -0.05) is 31.4 Å². The summed E-state index contributed by atoms with van der Waals surface area (Å²) in [4.78, 5) is 0.362. The van der Waals surface area contributed by atoms with Crippen molar-refractivity contribution in [2.45, 2.75) is 43.5 Å². The zero-order valence-electron chi connectivity index (χ0n) is 12.1. The summed E-state index contributed by atoms with van der Waals surface area (Å²) in [5.41, 5.74) is 0.980. The molecule has 4 nitrogen and oxygen atoms in total. The molecule has 0 radical (unpaired) electrons. The molecule has 1 saturated carbocycles. The maximum atomic E-state index is 12.3. The Kier molecular flexibility index (Phi) is 5.57. The Bertz CT molecular complexity index is 522. The lowest BCUT2D eigenvalue weighted by Gasteiger charge is -2.21. The number of rotatable bonds is 6. The molecule has 1 aromatic rings. The lowest BCUT2D eigenvalue weighted by atomic mass is 9.90. The highest BCUT2D eigenvalue weighted by atomic mass is 32.2. The van der Waals surface area contributed by atoms with Crippen molar-refractivity contribution in [2.75, 3.05) is 13.6 Å². The summed E-state index contributed by atoms with van der Waals surface area (Å²) in [7, 11) is -1.53. The van der Waals surface area contributed by atoms with Crippen LogP contribution in [0.2, 0.25) is 0 Å². The van der Waals surface area contributed by atoms with Crippen molar-refractivity contribution in [1.82, 2.24) is 10.0 Å². The molecule has 2 N–H and O–H groups in total. The van der Waals surface area contributed by atoms with E-state index in [0.717, 1.165) is 18.4 Å². The van der Waals surface area contributed by atoms with E-state index in [1.54, 1.807) is 18.2 Å². The topological polar surface area (TPSA) is 58.2 Å². The predicted molar refractivity (Wildman–Crippen MR) is 81.0 cm³/mol. The Morgan fingerprint density at radius 3 is 2.65 bits per heavy atom. The highest BCUT2D eigenvalue weighted by Crippen LogP contribution is 2.23. The second-order valence-corrected chi connectivity index (χ2v) is 7.30. The van der Waals surface area contributed by atoms with Gasteiger partial charge >= 0.3 is 0 Å². The highest BCUT2D eigenvalue weighted by Gasteiger charge is 2.18. The Morgan fingerprint density at radius 1 is 1.20 bits per heavy atom. The van der Waals surface area contributed by atoms with Crippen LogP contribution in [0.15, 0.2) is 29.2 Å². The summed E-state index contributed by atoms with van der Waals surface area (Å²) in [5.74, 6) is 0.499. The summed E-state index contributed by atoms with van der Waals surface area (Å²) < 4.78 is 27.4. The van der Waals surface area contributed by atoms with E-state index in [1.165, 1.54) is 19.3 Å². The van der Waals surface area contributed by atoms with Crippen molar-refractivity contribution in [1.29, 1.82) is 0 Å². The summed E-state index contributed by atoms with van der Waals surface area (Å²) in [6.07, 6.45) is 6.02. The maximum absolute atomic E-state index is 12.3. The first-order valence-electron chi connectivity index (χ1n) is 7.35. The molecule has 0 amide bonds. The van der Waals surface area contributed by atoms with Crippen LogP contribution in [0.4, 0.5) is 0 Å². The van der Waals surface area contributed by atoms with Gasteiger partial charge in [0.2, 0.25) is 10.0 Å². The third-order valence-corrected chi connectivity index (χ3v) is 5.30. The molecule has 1 aliphatic carbocycles. The van der Waals surface area contributed by atoms with Gasteiger partial charge < -0.3 is 5.32 Å². The minimum Gasteiger partial charge on any atom is -0.316 e. The molecular weight excluding hydrogens is 272 g/mol. The van der Waals surface area contributed by atoms with E-state index >= 15 is 0 Å². The highest BCUT2D eigenvalue weighted by molar-refractivity contribution is 7.89. The van der Waals surface area contributed by atoms with E-state index in [-0.39, 0.29) is 0 Å². The third kappa shape index (κ3) is 4.30. The first-order valence-corrected chi connectivity index (χ1v) is 8.83. The fraction of sp³-hybridized carbons (Fsp3) is 0.600. The van der Waals surface area contributed by atoms with Gasteiger partial charge in [0, 0.05) is 13.1 Å². The van der Waals surface area contributed by atoms with Crippen LogP contribution < -0.4 is 10.0 Å². The molecule has 0 atom stereocenters. The molecule has 1 fully saturated rings. The van der Waals surface area contributed by atoms with Crippen LogP contribution in [0, 0.1) is 5.92 Å². The molecule has 0 aromatic heterocycles. The van der Waals surface area contributed by atoms with E-state index in [2.05, 4.69) is 10.0 Å². The second-order valence-electron chi connectivity index (χ2n) is 5.53. The SMILES string of the molecule is CNCc1cccc(S(=O)(=O)NCC2CCCCC2)c1. The molecule has 0 saturated heterocycles. The van der Waals surface area contributed by atoms with E-state index < -0.39 is 10.0 Å². The van der Waals surface area contributed by atoms with Crippen LogP contribution in [-0.2, 0) is 16.6 Å². The van der Waals surface area contributed by atoms with Gasteiger partial charge in [-0.3, -0.25) is 0 Å². The lowest BCUT2D eigenvalue weighted by Crippen LogP contribution is -2.30. The molecule has 5 heteroatoms. The number of nitrogens with one attached hydrogen (secondary N) is 2. The lowest BCUT2D eigenvalue weighted by molar-refractivity contribution is 0.357. The molecule has 0 aliphatic heterocycles. The van der Waals surface area contributed by atoms with Gasteiger partial charge in [0.25, 0.3) is 0 Å². The first-order chi connectivity index (χ1) is 9.62. The van der Waals surface area contributed by atoms with Crippen molar-refractivity contribution in [2.24, 2.45) is 5.92 Å². The number of hydrogen-bond donors (Lipinski definition) is 2. The normalized spacial score (nSPS) is 17.2. The molecule has 20 heavy (non-hydrogen) atoms. The minimum atomic E-state index is -3.38. The largest absolute Gasteiger partial charge is 0.316 e. The molecule has 0 spiro atoms. The van der Waals surface area contributed by atoms with Crippen LogP contribution in [0.3, 0.4) is 0 Å². The Hall–Kier alpha value is -0.910. The average molecular weight is 296 g/mol. The third-order valence-electron chi connectivity index (χ3n) is 3.88. The van der Waals surface area contributed by atoms with Crippen LogP contribution in [0.5, 0.6) is 0 Å². The number of benzene rings is 1. The summed E-state index contributed by atoms with van der Waals surface area (Å²) in [6.45, 7) is 1.24. The van der Waals surface area contributed by atoms with Crippen molar-refractivity contribution >= 4 is 10.0 Å². The van der Waals surface area contributed by atoms with E-state index in [0.29, 0.717) is 23.9 Å². The van der Waals surface area contributed by atoms with Crippen molar-refractivity contribution < 1.29 is 8.42 Å². The zero-order valence-corrected chi connectivity index (χ0v) is 12.9. The molecule has 0 unspecified atom stereocenters. The first kappa shape index (κ1) is 15.5. The van der Waals surface area contributed by atoms with Crippen molar-refractivity contribution in [3.8, 4) is 0 Å². The quantitative estimate of drug-likeness (QED) is 0.846. The average Bonchev–Trinajstić information content (AvgIpc) is 2.47. The maximum Gasteiger partial charge on any atom is 0.240 e. The van der Waals surface area contributed by atoms with Crippen LogP contribution in [0.25, 0.3) is 0 Å². The summed E-state index contributed by atoms with van der Waals surface area (Å²) in [5, 5.41) is 3.03. The van der Waals surface area contributed by atoms with Gasteiger partial charge in [-0.05, 0) is 43.5 Å². The van der Waals surface area contributed by atoms with Crippen LogP contribution in [-0.4, -0.2) is 22.0 Å². The van der Waals surface area contributed by atoms with Gasteiger partial charge in [-0.2, -0.15) is 0 Å². The van der Waals surface area contributed by atoms with Crippen molar-refractivity contribution in [3.63, 3.8) is 0 Å². The Balaban J connectivity index is 2.00. The molecule has 112 valence electrons. The van der Waals surface area contributed by atoms with Gasteiger partial charge in [-0.15, -0.1) is 0 Å². The van der Waals surface area contributed by atoms with Gasteiger partial charge in [-0.25, -0.2) is 13.1 Å². The van der Waals surface area contributed by atoms with Gasteiger partial charge in [0.15, 0.2) is 0 Å². The monoisotopic (exact) mass is 296 g/mol. The molecular formula is C15H24N2O2S. The Morgan fingerprint density at radius 2 is 1.95 bits per heavy atom. The van der Waals surface area contributed by atoms with Crippen LogP contribution >= 0.6 is 0 Å². The second kappa shape index (κ2) is 7.20. The van der Waals surface area contributed by atoms with Gasteiger partial charge in [0.05, 0.1) is 4.90 Å². The fourth-order valence-electron chi connectivity index (χ4n) is 2.73. The summed E-state index contributed by atoms with van der Waals surface area (Å²) in [6, 6.07) is 7.11. The smallest absolute Gasteiger partial charge is 0.240 e. The molecule has 1 aliphatic rings. The predicted octanol–water partition coefficient (Wildman–Crippen LogP) is 2.26. The van der Waals surface area contributed by atoms with E-state index in [9.17, 15) is 8.42 Å². The standard InChI is InChI=1S/C15H24N2O2S/c1-16-11-14-8-5-9-15(10-14)20(18,19)17-12-13-6-3-2-4-7-13/h5,8-10,13,16-17H,2-4,6-7,11-12H2,1H3. The fourth-order valence-corrected chi connectivity index (χ4v) is 3.91. The van der Waals surface area contributed by atoms with Crippen molar-refractivity contribution in [3.05, 3.63) is 29.8 Å². The molecule has 0 bridgehead atoms. The minimum absolute atomic E-state index is 0.362. The number of hydrogen-bond acceptors (Lipinski definition) is 3. The number of sulfonamides is 1.